The Morgan fingerprint density at radius 3 is 2.81 bits per heavy atom. The van der Waals surface area contributed by atoms with Gasteiger partial charge in [-0.3, -0.25) is 4.90 Å². The molecule has 0 amide bonds. The molecule has 1 fully saturated rings. The molecule has 0 radical (unpaired) electrons. The maximum absolute atomic E-state index is 13.2. The van der Waals surface area contributed by atoms with Gasteiger partial charge < -0.3 is 4.74 Å². The molecule has 1 atom stereocenters. The van der Waals surface area contributed by atoms with Gasteiger partial charge in [0.15, 0.2) is 0 Å². The Morgan fingerprint density at radius 2 is 2.24 bits per heavy atom. The maximum Gasteiger partial charge on any atom is 0.416 e. The zero-order valence-corrected chi connectivity index (χ0v) is 12.3. The minimum Gasteiger partial charge on any atom is -0.380 e. The molecule has 1 aromatic rings. The fourth-order valence-corrected chi connectivity index (χ4v) is 2.57. The quantitative estimate of drug-likeness (QED) is 0.626. The van der Waals surface area contributed by atoms with Crippen LogP contribution in [0.4, 0.5) is 18.9 Å². The third-order valence-electron chi connectivity index (χ3n) is 3.53. The standard InChI is InChI=1S/C14H15F3N2OS/c1-20-12-4-5-19(8-12)7-10-2-3-11(18-9-21)6-13(10)14(15,16)17/h2-3,6,12H,4-5,7-8H2,1H3/t12-/m1/s1. The molecule has 1 aromatic carbocycles. The summed E-state index contributed by atoms with van der Waals surface area (Å²) in [5.74, 6) is 0. The second-order valence-electron chi connectivity index (χ2n) is 4.92. The number of aliphatic imine (C=N–C) groups is 1. The number of rotatable bonds is 4. The lowest BCUT2D eigenvalue weighted by Gasteiger charge is -2.19. The highest BCUT2D eigenvalue weighted by Gasteiger charge is 2.34. The highest BCUT2D eigenvalue weighted by Crippen LogP contribution is 2.35. The Bertz CT molecular complexity index is 556. The molecule has 0 saturated carbocycles. The van der Waals surface area contributed by atoms with E-state index in [9.17, 15) is 13.2 Å². The Kier molecular flexibility index (Phi) is 5.11. The minimum atomic E-state index is -4.41. The monoisotopic (exact) mass is 316 g/mol. The summed E-state index contributed by atoms with van der Waals surface area (Å²) in [6.45, 7) is 1.62. The van der Waals surface area contributed by atoms with Gasteiger partial charge in [0.1, 0.15) is 0 Å². The van der Waals surface area contributed by atoms with Crippen LogP contribution < -0.4 is 0 Å². The van der Waals surface area contributed by atoms with E-state index in [0.29, 0.717) is 6.54 Å². The number of alkyl halides is 3. The molecule has 0 bridgehead atoms. The van der Waals surface area contributed by atoms with Crippen LogP contribution in [0.2, 0.25) is 0 Å². The van der Waals surface area contributed by atoms with Gasteiger partial charge >= 0.3 is 6.18 Å². The van der Waals surface area contributed by atoms with E-state index in [2.05, 4.69) is 22.4 Å². The van der Waals surface area contributed by atoms with E-state index in [1.807, 2.05) is 4.90 Å². The Balaban J connectivity index is 2.24. The van der Waals surface area contributed by atoms with Crippen LogP contribution in [0.3, 0.4) is 0 Å². The predicted molar refractivity (Wildman–Crippen MR) is 76.8 cm³/mol. The van der Waals surface area contributed by atoms with E-state index in [0.717, 1.165) is 19.0 Å². The van der Waals surface area contributed by atoms with Gasteiger partial charge in [-0.25, -0.2) is 0 Å². The number of isothiocyanates is 1. The van der Waals surface area contributed by atoms with E-state index >= 15 is 0 Å². The van der Waals surface area contributed by atoms with Crippen LogP contribution in [0.15, 0.2) is 23.2 Å². The normalized spacial score (nSPS) is 19.5. The number of ether oxygens (including phenoxy) is 1. The molecule has 0 spiro atoms. The Hall–Kier alpha value is -1.27. The minimum absolute atomic E-state index is 0.0954. The van der Waals surface area contributed by atoms with E-state index in [4.69, 9.17) is 4.74 Å². The predicted octanol–water partition coefficient (Wildman–Crippen LogP) is 3.66. The summed E-state index contributed by atoms with van der Waals surface area (Å²) in [7, 11) is 1.62. The first-order valence-electron chi connectivity index (χ1n) is 6.47. The number of hydrogen-bond donors (Lipinski definition) is 0. The molecule has 3 nitrogen and oxygen atoms in total. The van der Waals surface area contributed by atoms with Crippen molar-refractivity contribution < 1.29 is 17.9 Å². The molecule has 1 heterocycles. The number of nitrogens with zero attached hydrogens (tertiary/aromatic N) is 2. The first kappa shape index (κ1) is 16.1. The summed E-state index contributed by atoms with van der Waals surface area (Å²) >= 11 is 4.43. The van der Waals surface area contributed by atoms with Crippen molar-refractivity contribution in [1.82, 2.24) is 4.90 Å². The Morgan fingerprint density at radius 1 is 1.48 bits per heavy atom. The average Bonchev–Trinajstić information content (AvgIpc) is 2.87. The van der Waals surface area contributed by atoms with Gasteiger partial charge in [-0.15, -0.1) is 0 Å². The van der Waals surface area contributed by atoms with Crippen molar-refractivity contribution in [2.45, 2.75) is 25.2 Å². The average molecular weight is 316 g/mol. The van der Waals surface area contributed by atoms with Gasteiger partial charge in [-0.1, -0.05) is 6.07 Å². The summed E-state index contributed by atoms with van der Waals surface area (Å²) < 4.78 is 44.7. The topological polar surface area (TPSA) is 24.8 Å². The van der Waals surface area contributed by atoms with Crippen molar-refractivity contribution in [3.63, 3.8) is 0 Å². The number of thiocarbonyl (C=S) groups is 1. The van der Waals surface area contributed by atoms with Crippen LogP contribution in [0, 0.1) is 0 Å². The summed E-state index contributed by atoms with van der Waals surface area (Å²) in [5.41, 5.74) is -0.269. The lowest BCUT2D eigenvalue weighted by Crippen LogP contribution is -2.24. The van der Waals surface area contributed by atoms with Gasteiger partial charge in [0.05, 0.1) is 22.5 Å². The lowest BCUT2D eigenvalue weighted by molar-refractivity contribution is -0.138. The molecular weight excluding hydrogens is 301 g/mol. The lowest BCUT2D eigenvalue weighted by atomic mass is 10.1. The third kappa shape index (κ3) is 4.11. The fourth-order valence-electron chi connectivity index (χ4n) is 2.46. The van der Waals surface area contributed by atoms with E-state index < -0.39 is 11.7 Å². The Labute approximate surface area is 126 Å². The highest BCUT2D eigenvalue weighted by molar-refractivity contribution is 7.78. The van der Waals surface area contributed by atoms with Crippen molar-refractivity contribution in [3.8, 4) is 0 Å². The molecule has 0 aliphatic carbocycles. The summed E-state index contributed by atoms with van der Waals surface area (Å²) in [5, 5.41) is 2.08. The molecule has 0 N–H and O–H groups in total. The first-order chi connectivity index (χ1) is 9.94. The molecular formula is C14H15F3N2OS. The molecule has 0 aromatic heterocycles. The maximum atomic E-state index is 13.2. The molecule has 2 rings (SSSR count). The molecule has 1 saturated heterocycles. The summed E-state index contributed by atoms with van der Waals surface area (Å²) in [6, 6.07) is 3.99. The number of likely N-dealkylation sites (tertiary alicyclic amines) is 1. The summed E-state index contributed by atoms with van der Waals surface area (Å²) in [6.07, 6.45) is -3.48. The third-order valence-corrected chi connectivity index (χ3v) is 3.62. The largest absolute Gasteiger partial charge is 0.416 e. The van der Waals surface area contributed by atoms with Gasteiger partial charge in [-0.05, 0) is 36.3 Å². The number of methoxy groups -OCH3 is 1. The molecule has 0 unspecified atom stereocenters. The fraction of sp³-hybridized carbons (Fsp3) is 0.500. The second kappa shape index (κ2) is 6.66. The van der Waals surface area contributed by atoms with Crippen LogP contribution in [0.1, 0.15) is 17.5 Å². The number of hydrogen-bond acceptors (Lipinski definition) is 4. The zero-order valence-electron chi connectivity index (χ0n) is 11.5. The van der Waals surface area contributed by atoms with Crippen LogP contribution in [0.5, 0.6) is 0 Å². The van der Waals surface area contributed by atoms with Crippen LogP contribution in [-0.4, -0.2) is 36.4 Å². The van der Waals surface area contributed by atoms with E-state index in [-0.39, 0.29) is 23.9 Å². The zero-order chi connectivity index (χ0) is 15.5. The highest BCUT2D eigenvalue weighted by atomic mass is 32.1. The van der Waals surface area contributed by atoms with Crippen molar-refractivity contribution in [2.75, 3.05) is 20.2 Å². The van der Waals surface area contributed by atoms with E-state index in [1.54, 1.807) is 7.11 Å². The van der Waals surface area contributed by atoms with Gasteiger partial charge in [0.25, 0.3) is 0 Å². The van der Waals surface area contributed by atoms with Gasteiger partial charge in [-0.2, -0.15) is 18.2 Å². The SMILES string of the molecule is CO[C@@H]1CCN(Cc2ccc(N=C=S)cc2C(F)(F)F)C1. The van der Waals surface area contributed by atoms with Crippen molar-refractivity contribution in [2.24, 2.45) is 4.99 Å². The first-order valence-corrected chi connectivity index (χ1v) is 6.88. The van der Waals surface area contributed by atoms with Crippen LogP contribution in [-0.2, 0) is 17.5 Å². The van der Waals surface area contributed by atoms with E-state index in [1.165, 1.54) is 12.1 Å². The van der Waals surface area contributed by atoms with Crippen LogP contribution in [0.25, 0.3) is 0 Å². The molecule has 114 valence electrons. The van der Waals surface area contributed by atoms with Crippen molar-refractivity contribution >= 4 is 23.1 Å². The number of halogens is 3. The molecule has 1 aliphatic rings. The van der Waals surface area contributed by atoms with Crippen LogP contribution >= 0.6 is 12.2 Å². The molecule has 21 heavy (non-hydrogen) atoms. The molecule has 7 heteroatoms. The van der Waals surface area contributed by atoms with Crippen molar-refractivity contribution in [3.05, 3.63) is 29.3 Å². The smallest absolute Gasteiger partial charge is 0.380 e. The summed E-state index contributed by atoms with van der Waals surface area (Å²) in [4.78, 5) is 5.57. The van der Waals surface area contributed by atoms with Crippen molar-refractivity contribution in [1.29, 1.82) is 0 Å². The molecule has 1 aliphatic heterocycles. The van der Waals surface area contributed by atoms with Gasteiger partial charge in [0.2, 0.25) is 0 Å². The number of benzene rings is 1. The van der Waals surface area contributed by atoms with Gasteiger partial charge in [0, 0.05) is 26.7 Å². The second-order valence-corrected chi connectivity index (χ2v) is 5.11.